The molecule has 1 fully saturated rings. The van der Waals surface area contributed by atoms with Crippen LogP contribution in [0.1, 0.15) is 75.8 Å². The summed E-state index contributed by atoms with van der Waals surface area (Å²) in [6.07, 6.45) is 4.20. The lowest BCUT2D eigenvalue weighted by Gasteiger charge is -2.35. The minimum Gasteiger partial charge on any atom is -0.444 e. The van der Waals surface area contributed by atoms with E-state index in [1.165, 1.54) is 31.2 Å². The Bertz CT molecular complexity index is 1400. The maximum absolute atomic E-state index is 14.1. The monoisotopic (exact) mass is 656 g/mol. The lowest BCUT2D eigenvalue weighted by Crippen LogP contribution is -2.59. The second-order valence-corrected chi connectivity index (χ2v) is 13.5. The Labute approximate surface area is 276 Å². The zero-order valence-corrected chi connectivity index (χ0v) is 28.6. The predicted octanol–water partition coefficient (Wildman–Crippen LogP) is 3.42. The van der Waals surface area contributed by atoms with E-state index in [9.17, 15) is 23.6 Å². The van der Waals surface area contributed by atoms with Crippen molar-refractivity contribution in [2.45, 2.75) is 103 Å². The maximum Gasteiger partial charge on any atom is 0.410 e. The van der Waals surface area contributed by atoms with Gasteiger partial charge in [0.05, 0.1) is 6.10 Å². The van der Waals surface area contributed by atoms with E-state index in [2.05, 4.69) is 10.3 Å². The third-order valence-corrected chi connectivity index (χ3v) is 8.89. The van der Waals surface area contributed by atoms with E-state index in [0.717, 1.165) is 37.2 Å². The molecule has 2 aliphatic rings. The number of methoxy groups -OCH3 is 1. The molecule has 0 saturated carbocycles. The molecule has 1 N–H and O–H groups in total. The lowest BCUT2D eigenvalue weighted by molar-refractivity contribution is -0.141. The minimum absolute atomic E-state index is 0.220. The van der Waals surface area contributed by atoms with Crippen molar-refractivity contribution in [3.8, 4) is 0 Å². The van der Waals surface area contributed by atoms with Crippen LogP contribution in [0.4, 0.5) is 9.18 Å². The van der Waals surface area contributed by atoms with Gasteiger partial charge in [-0.2, -0.15) is 0 Å². The van der Waals surface area contributed by atoms with E-state index in [1.807, 2.05) is 4.57 Å². The number of nitrogens with one attached hydrogen (secondary N) is 1. The zero-order chi connectivity index (χ0) is 34.5. The molecule has 4 atom stereocenters. The number of likely N-dealkylation sites (N-methyl/N-ethyl adjacent to an activating group) is 1. The first kappa shape index (κ1) is 35.8. The number of amides is 4. The molecule has 12 nitrogen and oxygen atoms in total. The molecular weight excluding hydrogens is 607 g/mol. The Morgan fingerprint density at radius 3 is 2.45 bits per heavy atom. The number of carbonyl (C=O) groups is 4. The van der Waals surface area contributed by atoms with Crippen molar-refractivity contribution < 1.29 is 33.0 Å². The molecule has 1 aromatic carbocycles. The smallest absolute Gasteiger partial charge is 0.410 e. The summed E-state index contributed by atoms with van der Waals surface area (Å²) in [5, 5.41) is 2.81. The van der Waals surface area contributed by atoms with Crippen LogP contribution in [0.2, 0.25) is 0 Å². The number of hydrogen-bond donors (Lipinski definition) is 1. The molecule has 1 aromatic heterocycles. The first-order chi connectivity index (χ1) is 22.2. The normalized spacial score (nSPS) is 17.9. The van der Waals surface area contributed by atoms with E-state index in [1.54, 1.807) is 62.7 Å². The zero-order valence-electron chi connectivity index (χ0n) is 28.6. The summed E-state index contributed by atoms with van der Waals surface area (Å²) in [6.45, 7) is 10.4. The van der Waals surface area contributed by atoms with Crippen LogP contribution >= 0.6 is 0 Å². The average molecular weight is 657 g/mol. The molecule has 0 bridgehead atoms. The van der Waals surface area contributed by atoms with Crippen molar-refractivity contribution in [3.63, 3.8) is 0 Å². The van der Waals surface area contributed by atoms with Gasteiger partial charge in [0.2, 0.25) is 11.8 Å². The van der Waals surface area contributed by atoms with E-state index in [-0.39, 0.29) is 30.2 Å². The van der Waals surface area contributed by atoms with Gasteiger partial charge in [-0.3, -0.25) is 19.3 Å². The van der Waals surface area contributed by atoms with Crippen LogP contribution in [0.15, 0.2) is 30.5 Å². The van der Waals surface area contributed by atoms with Gasteiger partial charge in [0, 0.05) is 59.0 Å². The fourth-order valence-electron chi connectivity index (χ4n) is 5.92. The van der Waals surface area contributed by atoms with Gasteiger partial charge in [0.15, 0.2) is 0 Å². The summed E-state index contributed by atoms with van der Waals surface area (Å²) < 4.78 is 26.5. The first-order valence-electron chi connectivity index (χ1n) is 16.4. The number of aromatic nitrogens is 2. The first-order valence-corrected chi connectivity index (χ1v) is 16.4. The Hall–Kier alpha value is -4.00. The molecule has 0 unspecified atom stereocenters. The lowest BCUT2D eigenvalue weighted by atomic mass is 10.1. The van der Waals surface area contributed by atoms with Gasteiger partial charge in [-0.15, -0.1) is 0 Å². The van der Waals surface area contributed by atoms with Gasteiger partial charge in [0.1, 0.15) is 35.0 Å². The van der Waals surface area contributed by atoms with Crippen molar-refractivity contribution >= 4 is 23.8 Å². The molecule has 13 heteroatoms. The highest BCUT2D eigenvalue weighted by Crippen LogP contribution is 2.23. The van der Waals surface area contributed by atoms with E-state index >= 15 is 0 Å². The molecule has 4 amide bonds. The summed E-state index contributed by atoms with van der Waals surface area (Å²) in [5.41, 5.74) is 0.524. The van der Waals surface area contributed by atoms with Gasteiger partial charge in [-0.05, 0) is 78.0 Å². The Kier molecular flexibility index (Phi) is 11.6. The summed E-state index contributed by atoms with van der Waals surface area (Å²) in [7, 11) is 2.94. The highest BCUT2D eigenvalue weighted by molar-refractivity contribution is 5.93. The summed E-state index contributed by atoms with van der Waals surface area (Å²) in [5.74, 6) is -0.507. The van der Waals surface area contributed by atoms with E-state index < -0.39 is 35.8 Å². The van der Waals surface area contributed by atoms with Crippen LogP contribution in [-0.2, 0) is 38.4 Å². The van der Waals surface area contributed by atoms with Crippen molar-refractivity contribution in [1.29, 1.82) is 0 Å². The fourth-order valence-corrected chi connectivity index (χ4v) is 5.92. The van der Waals surface area contributed by atoms with Crippen LogP contribution in [0.25, 0.3) is 0 Å². The number of fused-ring (bicyclic) bond motifs is 1. The molecule has 0 spiro atoms. The number of halogens is 1. The molecule has 4 rings (SSSR count). The Morgan fingerprint density at radius 2 is 1.81 bits per heavy atom. The van der Waals surface area contributed by atoms with Gasteiger partial charge in [-0.1, -0.05) is 12.1 Å². The predicted molar refractivity (Wildman–Crippen MR) is 173 cm³/mol. The third kappa shape index (κ3) is 9.09. The number of likely N-dealkylation sites (tertiary alicyclic amines) is 1. The molecule has 47 heavy (non-hydrogen) atoms. The summed E-state index contributed by atoms with van der Waals surface area (Å²) >= 11 is 0. The average Bonchev–Trinajstić information content (AvgIpc) is 3.77. The van der Waals surface area contributed by atoms with Gasteiger partial charge in [-0.25, -0.2) is 14.2 Å². The fraction of sp³-hybridized carbons (Fsp3) is 0.618. The highest BCUT2D eigenvalue weighted by Gasteiger charge is 2.39. The third-order valence-electron chi connectivity index (χ3n) is 8.89. The molecular formula is C34H49FN6O6. The van der Waals surface area contributed by atoms with Crippen LogP contribution in [0, 0.1) is 5.82 Å². The Morgan fingerprint density at radius 1 is 1.11 bits per heavy atom. The molecule has 258 valence electrons. The number of imidazole rings is 1. The van der Waals surface area contributed by atoms with Gasteiger partial charge < -0.3 is 29.2 Å². The second kappa shape index (κ2) is 15.3. The van der Waals surface area contributed by atoms with E-state index in [4.69, 9.17) is 9.47 Å². The largest absolute Gasteiger partial charge is 0.444 e. The van der Waals surface area contributed by atoms with Crippen molar-refractivity contribution in [1.82, 2.24) is 29.6 Å². The molecule has 2 aliphatic heterocycles. The standard InChI is InChI=1S/C34H49FN6O6/c1-22(38(6)33(45)47-34(3,4)5)30(42)37-29(23(2)46-7)32(44)41-18-8-10-26(41)20-40(19-16-24-12-14-25(35)15-13-24)31(43)27-21-39-17-9-11-28(39)36-27/h12-15,21-23,26,29H,8-11,16-20H2,1-7H3,(H,37,42)/t22-,23+,26-,29-/m0/s1. The molecule has 1 saturated heterocycles. The molecule has 2 aromatic rings. The quantitative estimate of drug-likeness (QED) is 0.371. The molecule has 0 radical (unpaired) electrons. The summed E-state index contributed by atoms with van der Waals surface area (Å²) in [4.78, 5) is 63.1. The SMILES string of the molecule is CO[C@H](C)[C@H](NC(=O)[C@H](C)N(C)C(=O)OC(C)(C)C)C(=O)N1CCC[C@H]1CN(CCc1ccc(F)cc1)C(=O)c1cn2c(n1)CCC2. The molecule has 0 aliphatic carbocycles. The Balaban J connectivity index is 1.50. The highest BCUT2D eigenvalue weighted by atomic mass is 19.1. The topological polar surface area (TPSA) is 126 Å². The van der Waals surface area contributed by atoms with Crippen molar-refractivity contribution in [2.75, 3.05) is 33.8 Å². The van der Waals surface area contributed by atoms with Crippen LogP contribution in [0.3, 0.4) is 0 Å². The number of aryl methyl sites for hydroxylation is 2. The van der Waals surface area contributed by atoms with Gasteiger partial charge in [0.25, 0.3) is 5.91 Å². The maximum atomic E-state index is 14.1. The van der Waals surface area contributed by atoms with Crippen molar-refractivity contribution in [3.05, 3.63) is 53.4 Å². The number of ether oxygens (including phenoxy) is 2. The number of rotatable bonds is 12. The number of nitrogens with zero attached hydrogens (tertiary/aromatic N) is 5. The molecule has 3 heterocycles. The second-order valence-electron chi connectivity index (χ2n) is 13.5. The van der Waals surface area contributed by atoms with Crippen LogP contribution in [0.5, 0.6) is 0 Å². The van der Waals surface area contributed by atoms with E-state index in [0.29, 0.717) is 31.6 Å². The number of carbonyl (C=O) groups excluding carboxylic acids is 4. The number of hydrogen-bond acceptors (Lipinski definition) is 7. The van der Waals surface area contributed by atoms with Gasteiger partial charge >= 0.3 is 6.09 Å². The summed E-state index contributed by atoms with van der Waals surface area (Å²) in [6, 6.07) is 3.95. The van der Waals surface area contributed by atoms with Crippen LogP contribution in [-0.4, -0.2) is 112 Å². The number of benzene rings is 1. The van der Waals surface area contributed by atoms with Crippen LogP contribution < -0.4 is 5.32 Å². The van der Waals surface area contributed by atoms with Crippen molar-refractivity contribution in [2.24, 2.45) is 0 Å². The minimum atomic E-state index is -1.03.